The predicted octanol–water partition coefficient (Wildman–Crippen LogP) is 4.82. The summed E-state index contributed by atoms with van der Waals surface area (Å²) in [7, 11) is 0. The third kappa shape index (κ3) is 2.56. The van der Waals surface area contributed by atoms with Crippen LogP contribution in [0.25, 0.3) is 23.5 Å². The second kappa shape index (κ2) is 5.12. The maximum Gasteiger partial charge on any atom is 0.414 e. The normalized spacial score (nSPS) is 14.5. The molecule has 2 aromatic rings. The predicted molar refractivity (Wildman–Crippen MR) is 76.3 cm³/mol. The lowest BCUT2D eigenvalue weighted by Crippen LogP contribution is -2.12. The highest BCUT2D eigenvalue weighted by molar-refractivity contribution is 5.70. The highest BCUT2D eigenvalue weighted by atomic mass is 19.4. The molecule has 0 spiro atoms. The van der Waals surface area contributed by atoms with Crippen LogP contribution in [0.4, 0.5) is 17.6 Å². The van der Waals surface area contributed by atoms with Crippen LogP contribution in [-0.4, -0.2) is 16.0 Å². The Balaban J connectivity index is 2.12. The Kier molecular flexibility index (Phi) is 3.39. The van der Waals surface area contributed by atoms with Gasteiger partial charge in [-0.15, -0.1) is 0 Å². The van der Waals surface area contributed by atoms with Crippen molar-refractivity contribution in [1.29, 1.82) is 0 Å². The highest BCUT2D eigenvalue weighted by Crippen LogP contribution is 2.33. The van der Waals surface area contributed by atoms with Gasteiger partial charge in [0.15, 0.2) is 0 Å². The van der Waals surface area contributed by atoms with Crippen molar-refractivity contribution in [2.24, 2.45) is 0 Å². The Labute approximate surface area is 124 Å². The molecular weight excluding hydrogens is 296 g/mol. The minimum Gasteiger partial charge on any atom is -0.240 e. The zero-order valence-electron chi connectivity index (χ0n) is 11.7. The van der Waals surface area contributed by atoms with E-state index in [2.05, 4.69) is 5.10 Å². The largest absolute Gasteiger partial charge is 0.414 e. The molecule has 0 saturated heterocycles. The standard InChI is InChI=1S/C16H12F4N2/c1-10-14-4-2-3-12(16(18,19)20)9-22(14)21-15(10)11-5-7-13(17)8-6-11/h2,4-9H,3H2,1H3. The summed E-state index contributed by atoms with van der Waals surface area (Å²) < 4.78 is 52.9. The number of allylic oxidation sites excluding steroid dienone is 2. The molecule has 22 heavy (non-hydrogen) atoms. The molecule has 0 radical (unpaired) electrons. The molecular formula is C16H12F4N2. The van der Waals surface area contributed by atoms with Gasteiger partial charge in [0.1, 0.15) is 5.82 Å². The van der Waals surface area contributed by atoms with Gasteiger partial charge in [-0.25, -0.2) is 9.07 Å². The van der Waals surface area contributed by atoms with Crippen LogP contribution in [0.15, 0.2) is 35.9 Å². The lowest BCUT2D eigenvalue weighted by atomic mass is 10.1. The van der Waals surface area contributed by atoms with Gasteiger partial charge in [0.05, 0.1) is 17.0 Å². The van der Waals surface area contributed by atoms with Crippen LogP contribution in [-0.2, 0) is 0 Å². The molecule has 1 aromatic carbocycles. The summed E-state index contributed by atoms with van der Waals surface area (Å²) >= 11 is 0. The Morgan fingerprint density at radius 3 is 2.45 bits per heavy atom. The van der Waals surface area contributed by atoms with Crippen LogP contribution >= 0.6 is 0 Å². The molecule has 0 amide bonds. The molecule has 2 nitrogen and oxygen atoms in total. The number of aromatic nitrogens is 2. The number of alkyl halides is 3. The highest BCUT2D eigenvalue weighted by Gasteiger charge is 2.34. The summed E-state index contributed by atoms with van der Waals surface area (Å²) in [5, 5.41) is 4.24. The van der Waals surface area contributed by atoms with E-state index in [1.54, 1.807) is 25.1 Å². The number of benzene rings is 1. The summed E-state index contributed by atoms with van der Waals surface area (Å²) in [6.45, 7) is 1.79. The third-order valence-corrected chi connectivity index (χ3v) is 3.57. The summed E-state index contributed by atoms with van der Waals surface area (Å²) in [6, 6.07) is 5.71. The van der Waals surface area contributed by atoms with Crippen LogP contribution < -0.4 is 0 Å². The third-order valence-electron chi connectivity index (χ3n) is 3.57. The van der Waals surface area contributed by atoms with E-state index in [9.17, 15) is 17.6 Å². The van der Waals surface area contributed by atoms with Gasteiger partial charge in [-0.1, -0.05) is 6.08 Å². The fourth-order valence-corrected chi connectivity index (χ4v) is 2.40. The van der Waals surface area contributed by atoms with E-state index in [-0.39, 0.29) is 12.2 Å². The zero-order chi connectivity index (χ0) is 15.9. The van der Waals surface area contributed by atoms with Crippen LogP contribution in [0.5, 0.6) is 0 Å². The number of hydrogen-bond acceptors (Lipinski definition) is 1. The average Bonchev–Trinajstić information content (AvgIpc) is 2.63. The number of hydrogen-bond donors (Lipinski definition) is 0. The van der Waals surface area contributed by atoms with Gasteiger partial charge in [0, 0.05) is 17.3 Å². The first-order valence-corrected chi connectivity index (χ1v) is 6.66. The number of rotatable bonds is 1. The summed E-state index contributed by atoms with van der Waals surface area (Å²) in [4.78, 5) is 0. The van der Waals surface area contributed by atoms with Crippen molar-refractivity contribution in [3.05, 3.63) is 53.0 Å². The Morgan fingerprint density at radius 1 is 1.14 bits per heavy atom. The summed E-state index contributed by atoms with van der Waals surface area (Å²) in [6.07, 6.45) is -0.457. The fraction of sp³-hybridized carbons (Fsp3) is 0.188. The molecule has 0 unspecified atom stereocenters. The molecule has 0 bridgehead atoms. The first kappa shape index (κ1) is 14.6. The molecule has 3 rings (SSSR count). The number of fused-ring (bicyclic) bond motifs is 1. The smallest absolute Gasteiger partial charge is 0.240 e. The van der Waals surface area contributed by atoms with Gasteiger partial charge in [-0.3, -0.25) is 0 Å². The van der Waals surface area contributed by atoms with Crippen LogP contribution in [0, 0.1) is 12.7 Å². The summed E-state index contributed by atoms with van der Waals surface area (Å²) in [5.74, 6) is -0.374. The van der Waals surface area contributed by atoms with E-state index in [4.69, 9.17) is 0 Å². The van der Waals surface area contributed by atoms with Crippen molar-refractivity contribution in [3.8, 4) is 11.3 Å². The van der Waals surface area contributed by atoms with Crippen molar-refractivity contribution in [3.63, 3.8) is 0 Å². The lowest BCUT2D eigenvalue weighted by Gasteiger charge is -2.08. The van der Waals surface area contributed by atoms with Crippen molar-refractivity contribution in [2.75, 3.05) is 0 Å². The Morgan fingerprint density at radius 2 is 1.82 bits per heavy atom. The molecule has 114 valence electrons. The average molecular weight is 308 g/mol. The van der Waals surface area contributed by atoms with E-state index in [0.717, 1.165) is 11.8 Å². The van der Waals surface area contributed by atoms with Crippen LogP contribution in [0.2, 0.25) is 0 Å². The minimum absolute atomic E-state index is 0.182. The topological polar surface area (TPSA) is 17.8 Å². The molecule has 0 N–H and O–H groups in total. The van der Waals surface area contributed by atoms with Crippen molar-refractivity contribution in [1.82, 2.24) is 9.78 Å². The Hall–Kier alpha value is -2.37. The van der Waals surface area contributed by atoms with Crippen molar-refractivity contribution in [2.45, 2.75) is 19.5 Å². The first-order valence-electron chi connectivity index (χ1n) is 6.66. The molecule has 0 aliphatic carbocycles. The SMILES string of the molecule is Cc1c(-c2ccc(F)cc2)nn2c1C=CCC(C(F)(F)F)=C2. The quantitative estimate of drug-likeness (QED) is 0.691. The second-order valence-corrected chi connectivity index (χ2v) is 5.07. The first-order chi connectivity index (χ1) is 10.4. The molecule has 1 aliphatic rings. The summed E-state index contributed by atoms with van der Waals surface area (Å²) in [5.41, 5.74) is 1.89. The van der Waals surface area contributed by atoms with E-state index in [1.165, 1.54) is 22.9 Å². The molecule has 0 saturated carbocycles. The molecule has 1 aromatic heterocycles. The molecule has 0 atom stereocenters. The van der Waals surface area contributed by atoms with Gasteiger partial charge < -0.3 is 0 Å². The van der Waals surface area contributed by atoms with Crippen molar-refractivity contribution < 1.29 is 17.6 Å². The van der Waals surface area contributed by atoms with E-state index in [1.807, 2.05) is 0 Å². The zero-order valence-corrected chi connectivity index (χ0v) is 11.7. The minimum atomic E-state index is -4.39. The molecule has 2 heterocycles. The fourth-order valence-electron chi connectivity index (χ4n) is 2.40. The van der Waals surface area contributed by atoms with Gasteiger partial charge in [-0.05, 0) is 43.7 Å². The maximum atomic E-state index is 13.0. The van der Waals surface area contributed by atoms with E-state index >= 15 is 0 Å². The van der Waals surface area contributed by atoms with Gasteiger partial charge in [0.2, 0.25) is 0 Å². The van der Waals surface area contributed by atoms with E-state index < -0.39 is 11.7 Å². The lowest BCUT2D eigenvalue weighted by molar-refractivity contribution is -0.0921. The number of nitrogens with zero attached hydrogens (tertiary/aromatic N) is 2. The van der Waals surface area contributed by atoms with E-state index in [0.29, 0.717) is 17.0 Å². The van der Waals surface area contributed by atoms with Crippen LogP contribution in [0.1, 0.15) is 17.7 Å². The van der Waals surface area contributed by atoms with Gasteiger partial charge in [0.25, 0.3) is 0 Å². The van der Waals surface area contributed by atoms with Crippen LogP contribution in [0.3, 0.4) is 0 Å². The monoisotopic (exact) mass is 308 g/mol. The molecule has 1 aliphatic heterocycles. The number of halogens is 4. The second-order valence-electron chi connectivity index (χ2n) is 5.07. The molecule has 6 heteroatoms. The maximum absolute atomic E-state index is 13.0. The van der Waals surface area contributed by atoms with Gasteiger partial charge >= 0.3 is 6.18 Å². The Bertz CT molecular complexity index is 765. The van der Waals surface area contributed by atoms with Gasteiger partial charge in [-0.2, -0.15) is 18.3 Å². The molecule has 0 fully saturated rings. The van der Waals surface area contributed by atoms with Crippen molar-refractivity contribution >= 4 is 12.3 Å².